The molecule has 2 amide bonds. The molecule has 0 radical (unpaired) electrons. The second-order valence-corrected chi connectivity index (χ2v) is 6.27. The number of nitrogens with zero attached hydrogens (tertiary/aromatic N) is 2. The van der Waals surface area contributed by atoms with Gasteiger partial charge < -0.3 is 22.1 Å². The van der Waals surface area contributed by atoms with Gasteiger partial charge in [-0.05, 0) is 30.0 Å². The highest BCUT2D eigenvalue weighted by molar-refractivity contribution is 5.98. The number of hydrogen-bond acceptors (Lipinski definition) is 6. The Bertz CT molecular complexity index is 806. The van der Waals surface area contributed by atoms with Crippen molar-refractivity contribution in [1.82, 2.24) is 9.97 Å². The molecular weight excluding hydrogens is 332 g/mol. The van der Waals surface area contributed by atoms with Gasteiger partial charge in [-0.3, -0.25) is 9.59 Å². The molecule has 0 saturated carbocycles. The summed E-state index contributed by atoms with van der Waals surface area (Å²) in [5.41, 5.74) is 12.9. The lowest BCUT2D eigenvalue weighted by Gasteiger charge is -2.19. The van der Waals surface area contributed by atoms with Crippen LogP contribution in [0.25, 0.3) is 0 Å². The number of nitrogens with one attached hydrogen (secondary N) is 2. The topological polar surface area (TPSA) is 136 Å². The predicted molar refractivity (Wildman–Crippen MR) is 101 cm³/mol. The van der Waals surface area contributed by atoms with Crippen LogP contribution < -0.4 is 22.1 Å². The number of benzene rings is 1. The largest absolute Gasteiger partial charge is 0.368 e. The molecule has 0 spiro atoms. The van der Waals surface area contributed by atoms with E-state index in [1.54, 1.807) is 0 Å². The third kappa shape index (κ3) is 4.69. The number of carbonyl (C=O) groups excluding carboxylic acids is 2. The van der Waals surface area contributed by atoms with Crippen LogP contribution in [-0.4, -0.2) is 27.8 Å². The molecule has 26 heavy (non-hydrogen) atoms. The molecule has 8 heteroatoms. The normalized spacial score (nSPS) is 11.8. The molecule has 0 saturated heterocycles. The number of anilines is 3. The number of rotatable bonds is 8. The maximum Gasteiger partial charge on any atom is 0.254 e. The Morgan fingerprint density at radius 3 is 2.54 bits per heavy atom. The van der Waals surface area contributed by atoms with Gasteiger partial charge in [0, 0.05) is 11.9 Å². The lowest BCUT2D eigenvalue weighted by molar-refractivity contribution is -0.119. The highest BCUT2D eigenvalue weighted by atomic mass is 16.1. The standard InChI is InChI=1S/C18H24N6O2/c1-4-11-6-5-7-12(8-11)22-17-13(15(19)25)9-21-18(24-17)23-14(10(2)3)16(20)26/h5-10,14H,4H2,1-3H3,(H2,19,25)(H2,20,26)(H2,21,22,23,24)/t14-/m1/s1. The summed E-state index contributed by atoms with van der Waals surface area (Å²) < 4.78 is 0. The van der Waals surface area contributed by atoms with Crippen molar-refractivity contribution >= 4 is 29.3 Å². The molecule has 1 heterocycles. The fourth-order valence-corrected chi connectivity index (χ4v) is 2.44. The summed E-state index contributed by atoms with van der Waals surface area (Å²) in [6.07, 6.45) is 2.20. The molecule has 0 unspecified atom stereocenters. The smallest absolute Gasteiger partial charge is 0.254 e. The summed E-state index contributed by atoms with van der Waals surface area (Å²) >= 11 is 0. The van der Waals surface area contributed by atoms with Crippen molar-refractivity contribution in [2.75, 3.05) is 10.6 Å². The Kier molecular flexibility index (Phi) is 6.11. The van der Waals surface area contributed by atoms with Crippen LogP contribution in [0.2, 0.25) is 0 Å². The van der Waals surface area contributed by atoms with Gasteiger partial charge in [-0.15, -0.1) is 0 Å². The quantitative estimate of drug-likeness (QED) is 0.569. The molecule has 8 nitrogen and oxygen atoms in total. The Morgan fingerprint density at radius 2 is 1.96 bits per heavy atom. The van der Waals surface area contributed by atoms with Gasteiger partial charge in [0.25, 0.3) is 5.91 Å². The van der Waals surface area contributed by atoms with Crippen LogP contribution in [-0.2, 0) is 11.2 Å². The van der Waals surface area contributed by atoms with E-state index in [4.69, 9.17) is 11.5 Å². The molecule has 2 rings (SSSR count). The summed E-state index contributed by atoms with van der Waals surface area (Å²) in [6.45, 7) is 5.77. The van der Waals surface area contributed by atoms with Gasteiger partial charge in [0.15, 0.2) is 0 Å². The van der Waals surface area contributed by atoms with Crippen LogP contribution in [0, 0.1) is 5.92 Å². The molecule has 1 atom stereocenters. The van der Waals surface area contributed by atoms with E-state index in [9.17, 15) is 9.59 Å². The van der Waals surface area contributed by atoms with Gasteiger partial charge in [-0.25, -0.2) is 4.98 Å². The molecule has 0 bridgehead atoms. The van der Waals surface area contributed by atoms with Gasteiger partial charge in [0.2, 0.25) is 11.9 Å². The number of nitrogens with two attached hydrogens (primary N) is 2. The molecule has 6 N–H and O–H groups in total. The first-order chi connectivity index (χ1) is 12.3. The van der Waals surface area contributed by atoms with Gasteiger partial charge in [-0.1, -0.05) is 32.9 Å². The van der Waals surface area contributed by atoms with E-state index in [1.165, 1.54) is 6.20 Å². The summed E-state index contributed by atoms with van der Waals surface area (Å²) in [5.74, 6) is -0.768. The molecule has 1 aromatic carbocycles. The van der Waals surface area contributed by atoms with E-state index in [0.29, 0.717) is 0 Å². The molecular formula is C18H24N6O2. The van der Waals surface area contributed by atoms with Crippen molar-refractivity contribution in [2.24, 2.45) is 17.4 Å². The summed E-state index contributed by atoms with van der Waals surface area (Å²) in [5, 5.41) is 6.00. The lowest BCUT2D eigenvalue weighted by atomic mass is 10.0. The van der Waals surface area contributed by atoms with Crippen LogP contribution in [0.15, 0.2) is 30.5 Å². The Labute approximate surface area is 152 Å². The van der Waals surface area contributed by atoms with Gasteiger partial charge in [0.1, 0.15) is 17.4 Å². The molecule has 138 valence electrons. The van der Waals surface area contributed by atoms with Crippen molar-refractivity contribution in [3.05, 3.63) is 41.6 Å². The Morgan fingerprint density at radius 1 is 1.23 bits per heavy atom. The Balaban J connectivity index is 2.36. The van der Waals surface area contributed by atoms with Gasteiger partial charge in [-0.2, -0.15) is 4.98 Å². The number of hydrogen-bond donors (Lipinski definition) is 4. The van der Waals surface area contributed by atoms with Crippen molar-refractivity contribution in [3.8, 4) is 0 Å². The van der Waals surface area contributed by atoms with Crippen LogP contribution in [0.5, 0.6) is 0 Å². The lowest BCUT2D eigenvalue weighted by Crippen LogP contribution is -2.40. The number of primary amides is 2. The molecule has 0 aliphatic carbocycles. The van der Waals surface area contributed by atoms with Crippen LogP contribution >= 0.6 is 0 Å². The van der Waals surface area contributed by atoms with E-state index in [1.807, 2.05) is 38.1 Å². The number of aromatic nitrogens is 2. The molecule has 2 aromatic rings. The zero-order valence-electron chi connectivity index (χ0n) is 15.1. The van der Waals surface area contributed by atoms with E-state index < -0.39 is 17.9 Å². The highest BCUT2D eigenvalue weighted by Gasteiger charge is 2.21. The second-order valence-electron chi connectivity index (χ2n) is 6.27. The van der Waals surface area contributed by atoms with Crippen molar-refractivity contribution < 1.29 is 9.59 Å². The molecule has 0 fully saturated rings. The second kappa shape index (κ2) is 8.28. The number of amides is 2. The van der Waals surface area contributed by atoms with Crippen LogP contribution in [0.3, 0.4) is 0 Å². The van der Waals surface area contributed by atoms with Crippen molar-refractivity contribution in [2.45, 2.75) is 33.2 Å². The maximum absolute atomic E-state index is 11.7. The SMILES string of the molecule is CCc1cccc(Nc2nc(N[C@@H](C(N)=O)C(C)C)ncc2C(N)=O)c1. The first-order valence-corrected chi connectivity index (χ1v) is 8.40. The Hall–Kier alpha value is -3.16. The van der Waals surface area contributed by atoms with E-state index in [0.717, 1.165) is 17.7 Å². The first kappa shape index (κ1) is 19.2. The highest BCUT2D eigenvalue weighted by Crippen LogP contribution is 2.21. The van der Waals surface area contributed by atoms with Crippen LogP contribution in [0.4, 0.5) is 17.5 Å². The summed E-state index contributed by atoms with van der Waals surface area (Å²) in [7, 11) is 0. The average Bonchev–Trinajstić information content (AvgIpc) is 2.59. The minimum Gasteiger partial charge on any atom is -0.368 e. The zero-order chi connectivity index (χ0) is 19.3. The molecule has 0 aliphatic heterocycles. The number of carbonyl (C=O) groups is 2. The van der Waals surface area contributed by atoms with Crippen LogP contribution in [0.1, 0.15) is 36.7 Å². The van der Waals surface area contributed by atoms with Gasteiger partial charge >= 0.3 is 0 Å². The molecule has 0 aliphatic rings. The van der Waals surface area contributed by atoms with Gasteiger partial charge in [0.05, 0.1) is 0 Å². The minimum atomic E-state index is -0.652. The van der Waals surface area contributed by atoms with E-state index in [2.05, 4.69) is 27.5 Å². The van der Waals surface area contributed by atoms with E-state index in [-0.39, 0.29) is 23.2 Å². The molecule has 1 aromatic heterocycles. The monoisotopic (exact) mass is 356 g/mol. The fourth-order valence-electron chi connectivity index (χ4n) is 2.44. The third-order valence-corrected chi connectivity index (χ3v) is 3.91. The van der Waals surface area contributed by atoms with E-state index >= 15 is 0 Å². The third-order valence-electron chi connectivity index (χ3n) is 3.91. The van der Waals surface area contributed by atoms with Crippen molar-refractivity contribution in [1.29, 1.82) is 0 Å². The predicted octanol–water partition coefficient (Wildman–Crippen LogP) is 1.80. The maximum atomic E-state index is 11.7. The fraction of sp³-hybridized carbons (Fsp3) is 0.333. The minimum absolute atomic E-state index is 0.0513. The average molecular weight is 356 g/mol. The first-order valence-electron chi connectivity index (χ1n) is 8.40. The summed E-state index contributed by atoms with van der Waals surface area (Å²) in [4.78, 5) is 31.7. The summed E-state index contributed by atoms with van der Waals surface area (Å²) in [6, 6.07) is 7.10. The number of aryl methyl sites for hydroxylation is 1. The van der Waals surface area contributed by atoms with Crippen molar-refractivity contribution in [3.63, 3.8) is 0 Å². The zero-order valence-corrected chi connectivity index (χ0v) is 15.1.